The van der Waals surface area contributed by atoms with Gasteiger partial charge in [0.15, 0.2) is 16.6 Å². The molecule has 0 saturated heterocycles. The molecule has 3 heterocycles. The fraction of sp³-hybridized carbons (Fsp3) is 0.158. The molecule has 1 aromatic carbocycles. The maximum absolute atomic E-state index is 12.5. The van der Waals surface area contributed by atoms with Gasteiger partial charge in [0.1, 0.15) is 18.3 Å². The first-order valence-corrected chi connectivity index (χ1v) is 9.50. The molecule has 0 radical (unpaired) electrons. The first-order valence-electron chi connectivity index (χ1n) is 8.68. The average molecular weight is 408 g/mol. The molecule has 0 saturated carbocycles. The quantitative estimate of drug-likeness (QED) is 0.506. The summed E-state index contributed by atoms with van der Waals surface area (Å²) in [7, 11) is 1.69. The van der Waals surface area contributed by atoms with Crippen LogP contribution in [0.25, 0.3) is 22.3 Å². The second kappa shape index (κ2) is 7.40. The predicted octanol–water partition coefficient (Wildman–Crippen LogP) is 2.09. The van der Waals surface area contributed by atoms with E-state index in [9.17, 15) is 14.4 Å². The van der Waals surface area contributed by atoms with Gasteiger partial charge in [-0.25, -0.2) is 9.97 Å². The van der Waals surface area contributed by atoms with E-state index in [4.69, 9.17) is 0 Å². The minimum Gasteiger partial charge on any atom is -0.300 e. The van der Waals surface area contributed by atoms with Crippen molar-refractivity contribution in [3.63, 3.8) is 0 Å². The summed E-state index contributed by atoms with van der Waals surface area (Å²) in [6.45, 7) is 1.23. The second-order valence-corrected chi connectivity index (χ2v) is 7.35. The van der Waals surface area contributed by atoms with E-state index in [1.807, 2.05) is 30.3 Å². The van der Waals surface area contributed by atoms with Gasteiger partial charge in [-0.3, -0.25) is 23.6 Å². The number of hydrogen-bond donors (Lipinski definition) is 1. The summed E-state index contributed by atoms with van der Waals surface area (Å²) in [5, 5.41) is 7.30. The third-order valence-corrected chi connectivity index (χ3v) is 5.34. The van der Waals surface area contributed by atoms with Gasteiger partial charge in [-0.05, 0) is 0 Å². The molecule has 9 nitrogen and oxygen atoms in total. The second-order valence-electron chi connectivity index (χ2n) is 6.35. The summed E-state index contributed by atoms with van der Waals surface area (Å²) in [5.41, 5.74) is 1.41. The first kappa shape index (κ1) is 18.7. The Bertz CT molecular complexity index is 1290. The van der Waals surface area contributed by atoms with Crippen LogP contribution >= 0.6 is 11.3 Å². The van der Waals surface area contributed by atoms with Crippen LogP contribution < -0.4 is 10.9 Å². The van der Waals surface area contributed by atoms with Gasteiger partial charge in [0.05, 0.1) is 16.8 Å². The van der Waals surface area contributed by atoms with Crippen LogP contribution in [0.5, 0.6) is 0 Å². The van der Waals surface area contributed by atoms with E-state index in [2.05, 4.69) is 20.4 Å². The van der Waals surface area contributed by atoms with Crippen LogP contribution in [0.3, 0.4) is 0 Å². The number of rotatable bonds is 5. The van der Waals surface area contributed by atoms with Crippen LogP contribution in [-0.4, -0.2) is 36.0 Å². The van der Waals surface area contributed by atoms with Crippen molar-refractivity contribution < 1.29 is 9.59 Å². The summed E-state index contributed by atoms with van der Waals surface area (Å²) in [6.07, 6.45) is 2.73. The van der Waals surface area contributed by atoms with Crippen LogP contribution in [0, 0.1) is 0 Å². The van der Waals surface area contributed by atoms with E-state index in [1.54, 1.807) is 7.05 Å². The van der Waals surface area contributed by atoms with Crippen LogP contribution in [0.1, 0.15) is 16.6 Å². The van der Waals surface area contributed by atoms with Crippen LogP contribution in [0.2, 0.25) is 0 Å². The van der Waals surface area contributed by atoms with Crippen molar-refractivity contribution in [2.45, 2.75) is 13.5 Å². The van der Waals surface area contributed by atoms with Crippen molar-refractivity contribution in [1.29, 1.82) is 0 Å². The molecule has 146 valence electrons. The van der Waals surface area contributed by atoms with Crippen molar-refractivity contribution in [2.75, 3.05) is 5.32 Å². The Morgan fingerprint density at radius 2 is 1.97 bits per heavy atom. The maximum Gasteiger partial charge on any atom is 0.264 e. The molecule has 0 bridgehead atoms. The molecule has 0 unspecified atom stereocenters. The molecule has 1 amide bonds. The molecule has 29 heavy (non-hydrogen) atoms. The van der Waals surface area contributed by atoms with Gasteiger partial charge >= 0.3 is 0 Å². The molecule has 0 aliphatic carbocycles. The Kier molecular flexibility index (Phi) is 4.77. The monoisotopic (exact) mass is 408 g/mol. The third-order valence-electron chi connectivity index (χ3n) is 4.27. The SMILES string of the molecule is CC(=O)c1sc(NC(=O)Cn2cnc3c(cnn3C)c2=O)nc1-c1ccccc1. The number of aromatic nitrogens is 5. The van der Waals surface area contributed by atoms with E-state index in [0.29, 0.717) is 26.7 Å². The van der Waals surface area contributed by atoms with Gasteiger partial charge in [-0.2, -0.15) is 5.10 Å². The first-order chi connectivity index (χ1) is 13.9. The maximum atomic E-state index is 12.5. The number of hydrogen-bond acceptors (Lipinski definition) is 7. The Balaban J connectivity index is 1.58. The predicted molar refractivity (Wildman–Crippen MR) is 109 cm³/mol. The highest BCUT2D eigenvalue weighted by Gasteiger charge is 2.18. The van der Waals surface area contributed by atoms with Gasteiger partial charge in [0.25, 0.3) is 5.56 Å². The largest absolute Gasteiger partial charge is 0.300 e. The lowest BCUT2D eigenvalue weighted by Gasteiger charge is -2.05. The van der Waals surface area contributed by atoms with Crippen molar-refractivity contribution in [2.24, 2.45) is 7.05 Å². The molecule has 3 aromatic heterocycles. The molecule has 0 atom stereocenters. The molecule has 0 aliphatic heterocycles. The summed E-state index contributed by atoms with van der Waals surface area (Å²) in [6, 6.07) is 9.27. The summed E-state index contributed by atoms with van der Waals surface area (Å²) in [5.74, 6) is -0.579. The number of thiazole rings is 1. The number of amides is 1. The van der Waals surface area contributed by atoms with E-state index in [0.717, 1.165) is 16.9 Å². The summed E-state index contributed by atoms with van der Waals surface area (Å²) >= 11 is 1.10. The molecule has 1 N–H and O–H groups in total. The zero-order valence-electron chi connectivity index (χ0n) is 15.6. The summed E-state index contributed by atoms with van der Waals surface area (Å²) < 4.78 is 2.70. The Labute approximate surface area is 168 Å². The van der Waals surface area contributed by atoms with E-state index < -0.39 is 5.91 Å². The number of carbonyl (C=O) groups excluding carboxylic acids is 2. The molecule has 10 heteroatoms. The average Bonchev–Trinajstić information content (AvgIpc) is 3.29. The number of benzene rings is 1. The van der Waals surface area contributed by atoms with Crippen molar-refractivity contribution in [3.05, 3.63) is 58.1 Å². The number of Topliss-reactive ketones (excluding diaryl/α,β-unsaturated/α-hetero) is 1. The van der Waals surface area contributed by atoms with Crippen molar-refractivity contribution in [1.82, 2.24) is 24.3 Å². The summed E-state index contributed by atoms with van der Waals surface area (Å²) in [4.78, 5) is 46.0. The van der Waals surface area contributed by atoms with Gasteiger partial charge < -0.3 is 5.32 Å². The molecule has 0 fully saturated rings. The zero-order valence-corrected chi connectivity index (χ0v) is 16.4. The normalized spacial score (nSPS) is 11.0. The van der Waals surface area contributed by atoms with Crippen LogP contribution in [0.4, 0.5) is 5.13 Å². The standard InChI is InChI=1S/C19H16N6O3S/c1-11(26)16-15(12-6-4-3-5-7-12)23-19(29-16)22-14(27)9-25-10-20-17-13(18(25)28)8-21-24(17)2/h3-8,10H,9H2,1-2H3,(H,22,23,27). The molecular formula is C19H16N6O3S. The molecule has 4 rings (SSSR count). The highest BCUT2D eigenvalue weighted by molar-refractivity contribution is 7.18. The van der Waals surface area contributed by atoms with Crippen LogP contribution in [0.15, 0.2) is 47.7 Å². The third kappa shape index (κ3) is 3.57. The lowest BCUT2D eigenvalue weighted by Crippen LogP contribution is -2.27. The molecule has 0 spiro atoms. The highest BCUT2D eigenvalue weighted by Crippen LogP contribution is 2.31. The number of ketones is 1. The van der Waals surface area contributed by atoms with E-state index in [-0.39, 0.29) is 17.9 Å². The van der Waals surface area contributed by atoms with Crippen LogP contribution in [-0.2, 0) is 18.4 Å². The number of carbonyl (C=O) groups is 2. The smallest absolute Gasteiger partial charge is 0.264 e. The molecule has 4 aromatic rings. The lowest BCUT2D eigenvalue weighted by molar-refractivity contribution is -0.116. The van der Waals surface area contributed by atoms with Gasteiger partial charge in [0.2, 0.25) is 5.91 Å². The van der Waals surface area contributed by atoms with Crippen molar-refractivity contribution in [3.8, 4) is 11.3 Å². The molecular weight excluding hydrogens is 392 g/mol. The number of nitrogens with zero attached hydrogens (tertiary/aromatic N) is 5. The van der Waals surface area contributed by atoms with Gasteiger partial charge in [0, 0.05) is 19.5 Å². The number of nitrogens with one attached hydrogen (secondary N) is 1. The highest BCUT2D eigenvalue weighted by atomic mass is 32.1. The van der Waals surface area contributed by atoms with E-state index >= 15 is 0 Å². The Hall–Kier alpha value is -3.66. The number of anilines is 1. The van der Waals surface area contributed by atoms with Gasteiger partial charge in [-0.1, -0.05) is 41.7 Å². The van der Waals surface area contributed by atoms with Gasteiger partial charge in [-0.15, -0.1) is 0 Å². The molecule has 0 aliphatic rings. The topological polar surface area (TPSA) is 112 Å². The van der Waals surface area contributed by atoms with E-state index in [1.165, 1.54) is 28.7 Å². The lowest BCUT2D eigenvalue weighted by atomic mass is 10.1. The fourth-order valence-electron chi connectivity index (χ4n) is 2.90. The fourth-order valence-corrected chi connectivity index (χ4v) is 3.80. The number of aryl methyl sites for hydroxylation is 1. The minimum atomic E-state index is -0.444. The number of fused-ring (bicyclic) bond motifs is 1. The minimum absolute atomic E-state index is 0.135. The Morgan fingerprint density at radius 1 is 1.21 bits per heavy atom. The Morgan fingerprint density at radius 3 is 2.69 bits per heavy atom. The van der Waals surface area contributed by atoms with Crippen molar-refractivity contribution >= 4 is 39.2 Å². The zero-order chi connectivity index (χ0) is 20.5.